The fourth-order valence-corrected chi connectivity index (χ4v) is 2.10. The van der Waals surface area contributed by atoms with E-state index in [0.29, 0.717) is 17.3 Å². The van der Waals surface area contributed by atoms with E-state index in [2.05, 4.69) is 10.6 Å². The molecule has 0 fully saturated rings. The van der Waals surface area contributed by atoms with Gasteiger partial charge in [-0.2, -0.15) is 0 Å². The Kier molecular flexibility index (Phi) is 2.98. The molecule has 0 bridgehead atoms. The molecule has 2 rings (SSSR count). The van der Waals surface area contributed by atoms with Crippen LogP contribution >= 0.6 is 11.6 Å². The quantitative estimate of drug-likeness (QED) is 0.585. The van der Waals surface area contributed by atoms with Gasteiger partial charge in [-0.25, -0.2) is 0 Å². The van der Waals surface area contributed by atoms with Gasteiger partial charge in [0.1, 0.15) is 5.69 Å². The summed E-state index contributed by atoms with van der Waals surface area (Å²) >= 11 is 5.88. The summed E-state index contributed by atoms with van der Waals surface area (Å²) in [6.07, 6.45) is 0. The summed E-state index contributed by atoms with van der Waals surface area (Å²) in [6.45, 7) is 3.40. The van der Waals surface area contributed by atoms with Gasteiger partial charge in [0.15, 0.2) is 0 Å². The van der Waals surface area contributed by atoms with Crippen molar-refractivity contribution in [2.24, 2.45) is 0 Å². The second-order valence-corrected chi connectivity index (χ2v) is 4.19. The number of hydrogen-bond donors (Lipinski definition) is 2. The van der Waals surface area contributed by atoms with Crippen LogP contribution in [0.25, 0.3) is 0 Å². The van der Waals surface area contributed by atoms with E-state index in [4.69, 9.17) is 11.6 Å². The molecule has 1 aliphatic heterocycles. The second kappa shape index (κ2) is 4.27. The second-order valence-electron chi connectivity index (χ2n) is 3.75. The largest absolute Gasteiger partial charge is 0.378 e. The van der Waals surface area contributed by atoms with Gasteiger partial charge in [0.2, 0.25) is 0 Å². The highest BCUT2D eigenvalue weighted by molar-refractivity contribution is 6.31. The van der Waals surface area contributed by atoms with Crippen LogP contribution in [-0.4, -0.2) is 18.0 Å². The molecule has 0 aliphatic carbocycles. The maximum atomic E-state index is 10.9. The van der Waals surface area contributed by atoms with Crippen LogP contribution in [0.2, 0.25) is 5.02 Å². The van der Waals surface area contributed by atoms with Gasteiger partial charge in [-0.05, 0) is 13.0 Å². The smallest absolute Gasteiger partial charge is 0.294 e. The SMILES string of the molecule is CC1NCCNc2c1cc(Cl)cc2[N+](=O)[O-]. The topological polar surface area (TPSA) is 67.2 Å². The van der Waals surface area contributed by atoms with Crippen molar-refractivity contribution in [2.75, 3.05) is 18.4 Å². The van der Waals surface area contributed by atoms with E-state index < -0.39 is 4.92 Å². The number of nitrogens with zero attached hydrogens (tertiary/aromatic N) is 1. The van der Waals surface area contributed by atoms with E-state index in [-0.39, 0.29) is 11.7 Å². The average Bonchev–Trinajstić information content (AvgIpc) is 2.40. The zero-order valence-corrected chi connectivity index (χ0v) is 9.54. The predicted octanol–water partition coefficient (Wildman–Crippen LogP) is 2.32. The van der Waals surface area contributed by atoms with E-state index in [1.54, 1.807) is 6.07 Å². The molecule has 0 saturated heterocycles. The summed E-state index contributed by atoms with van der Waals surface area (Å²) < 4.78 is 0. The Morgan fingerprint density at radius 2 is 2.25 bits per heavy atom. The van der Waals surface area contributed by atoms with Crippen molar-refractivity contribution in [3.05, 3.63) is 32.8 Å². The van der Waals surface area contributed by atoms with Gasteiger partial charge in [0.05, 0.1) is 4.92 Å². The zero-order valence-electron chi connectivity index (χ0n) is 8.79. The number of fused-ring (bicyclic) bond motifs is 1. The molecule has 1 aromatic rings. The minimum atomic E-state index is -0.407. The first-order chi connectivity index (χ1) is 7.59. The van der Waals surface area contributed by atoms with Crippen molar-refractivity contribution in [2.45, 2.75) is 13.0 Å². The van der Waals surface area contributed by atoms with Gasteiger partial charge >= 0.3 is 0 Å². The van der Waals surface area contributed by atoms with Gasteiger partial charge < -0.3 is 10.6 Å². The lowest BCUT2D eigenvalue weighted by atomic mass is 10.1. The molecule has 86 valence electrons. The van der Waals surface area contributed by atoms with Gasteiger partial charge in [-0.15, -0.1) is 0 Å². The third kappa shape index (κ3) is 1.96. The average molecular weight is 242 g/mol. The highest BCUT2D eigenvalue weighted by Gasteiger charge is 2.23. The molecule has 6 heteroatoms. The van der Waals surface area contributed by atoms with Crippen molar-refractivity contribution in [3.63, 3.8) is 0 Å². The van der Waals surface area contributed by atoms with Crippen LogP contribution in [0.3, 0.4) is 0 Å². The van der Waals surface area contributed by atoms with Crippen LogP contribution in [0.1, 0.15) is 18.5 Å². The number of anilines is 1. The summed E-state index contributed by atoms with van der Waals surface area (Å²) in [4.78, 5) is 10.5. The van der Waals surface area contributed by atoms with Crippen LogP contribution in [0.15, 0.2) is 12.1 Å². The molecule has 1 aromatic carbocycles. The normalized spacial score (nSPS) is 19.5. The third-order valence-corrected chi connectivity index (χ3v) is 2.87. The predicted molar refractivity (Wildman–Crippen MR) is 63.0 cm³/mol. The molecule has 1 unspecified atom stereocenters. The summed E-state index contributed by atoms with van der Waals surface area (Å²) in [6, 6.07) is 3.20. The highest BCUT2D eigenvalue weighted by Crippen LogP contribution is 2.36. The maximum Gasteiger partial charge on any atom is 0.294 e. The van der Waals surface area contributed by atoms with Crippen LogP contribution in [0, 0.1) is 10.1 Å². The molecule has 0 radical (unpaired) electrons. The van der Waals surface area contributed by atoms with E-state index in [0.717, 1.165) is 12.1 Å². The van der Waals surface area contributed by atoms with E-state index in [9.17, 15) is 10.1 Å². The highest BCUT2D eigenvalue weighted by atomic mass is 35.5. The first-order valence-electron chi connectivity index (χ1n) is 5.04. The summed E-state index contributed by atoms with van der Waals surface area (Å²) in [5.74, 6) is 0. The molecule has 1 atom stereocenters. The number of rotatable bonds is 1. The molecule has 0 saturated carbocycles. The number of nitro groups is 1. The molecule has 0 aromatic heterocycles. The maximum absolute atomic E-state index is 10.9. The molecule has 16 heavy (non-hydrogen) atoms. The summed E-state index contributed by atoms with van der Waals surface area (Å²) in [5.41, 5.74) is 1.46. The van der Waals surface area contributed by atoms with E-state index in [1.807, 2.05) is 6.92 Å². The first-order valence-corrected chi connectivity index (χ1v) is 5.42. The fraction of sp³-hybridized carbons (Fsp3) is 0.400. The number of benzene rings is 1. The molecular weight excluding hydrogens is 230 g/mol. The van der Waals surface area contributed by atoms with Gasteiger partial charge in [-0.3, -0.25) is 10.1 Å². The number of hydrogen-bond acceptors (Lipinski definition) is 4. The molecule has 1 aliphatic rings. The Morgan fingerprint density at radius 3 is 2.94 bits per heavy atom. The van der Waals surface area contributed by atoms with Crippen molar-refractivity contribution in [1.82, 2.24) is 5.32 Å². The van der Waals surface area contributed by atoms with Crippen molar-refractivity contribution in [3.8, 4) is 0 Å². The van der Waals surface area contributed by atoms with Crippen molar-refractivity contribution >= 4 is 23.0 Å². The fourth-order valence-electron chi connectivity index (χ4n) is 1.88. The zero-order chi connectivity index (χ0) is 11.7. The van der Waals surface area contributed by atoms with Gasteiger partial charge in [0.25, 0.3) is 5.69 Å². The Hall–Kier alpha value is -1.33. The van der Waals surface area contributed by atoms with E-state index in [1.165, 1.54) is 6.07 Å². The Labute approximate surface area is 97.9 Å². The van der Waals surface area contributed by atoms with Gasteiger partial charge in [0, 0.05) is 35.8 Å². The minimum absolute atomic E-state index is 0.0399. The summed E-state index contributed by atoms with van der Waals surface area (Å²) in [5, 5.41) is 17.6. The van der Waals surface area contributed by atoms with Gasteiger partial charge in [-0.1, -0.05) is 11.6 Å². The number of halogens is 1. The lowest BCUT2D eigenvalue weighted by Crippen LogP contribution is -2.20. The van der Waals surface area contributed by atoms with Crippen LogP contribution < -0.4 is 10.6 Å². The molecule has 2 N–H and O–H groups in total. The first kappa shape index (κ1) is 11.2. The van der Waals surface area contributed by atoms with Crippen LogP contribution in [0.4, 0.5) is 11.4 Å². The Balaban J connectivity index is 2.60. The molecule has 1 heterocycles. The standard InChI is InChI=1S/C10H12ClN3O2/c1-6-8-4-7(11)5-9(14(15)16)10(8)13-3-2-12-6/h4-6,12-13H,2-3H2,1H3. The lowest BCUT2D eigenvalue weighted by molar-refractivity contribution is -0.384. The molecule has 5 nitrogen and oxygen atoms in total. The molecule has 0 spiro atoms. The monoisotopic (exact) mass is 241 g/mol. The van der Waals surface area contributed by atoms with Crippen LogP contribution in [0.5, 0.6) is 0 Å². The minimum Gasteiger partial charge on any atom is -0.378 e. The Morgan fingerprint density at radius 1 is 1.50 bits per heavy atom. The van der Waals surface area contributed by atoms with Crippen molar-refractivity contribution in [1.29, 1.82) is 0 Å². The number of nitro benzene ring substituents is 1. The van der Waals surface area contributed by atoms with Crippen LogP contribution in [-0.2, 0) is 0 Å². The summed E-state index contributed by atoms with van der Waals surface area (Å²) in [7, 11) is 0. The van der Waals surface area contributed by atoms with E-state index >= 15 is 0 Å². The molecular formula is C10H12ClN3O2. The Bertz CT molecular complexity index is 436. The third-order valence-electron chi connectivity index (χ3n) is 2.65. The number of nitrogens with one attached hydrogen (secondary N) is 2. The lowest BCUT2D eigenvalue weighted by Gasteiger charge is -2.13. The molecule has 0 amide bonds. The van der Waals surface area contributed by atoms with Crippen molar-refractivity contribution < 1.29 is 4.92 Å².